The van der Waals surface area contributed by atoms with E-state index in [1.807, 2.05) is 13.0 Å². The molecule has 1 amide bonds. The first-order valence-corrected chi connectivity index (χ1v) is 7.21. The molecule has 1 aliphatic rings. The molecular formula is C15H24N2O2. The average Bonchev–Trinajstić information content (AvgIpc) is 2.83. The first kappa shape index (κ1) is 14.1. The normalized spacial score (nSPS) is 17.6. The van der Waals surface area contributed by atoms with Crippen LogP contribution in [0.5, 0.6) is 0 Å². The zero-order valence-electron chi connectivity index (χ0n) is 11.9. The zero-order chi connectivity index (χ0) is 13.7. The third-order valence-corrected chi connectivity index (χ3v) is 3.88. The molecule has 0 bridgehead atoms. The fourth-order valence-corrected chi connectivity index (χ4v) is 2.48. The summed E-state index contributed by atoms with van der Waals surface area (Å²) in [6.45, 7) is 8.39. The molecule has 1 N–H and O–H groups in total. The number of hydrogen-bond donors (Lipinski definition) is 1. The van der Waals surface area contributed by atoms with E-state index < -0.39 is 0 Å². The van der Waals surface area contributed by atoms with Gasteiger partial charge in [0.1, 0.15) is 0 Å². The van der Waals surface area contributed by atoms with Crippen LogP contribution in [0.25, 0.3) is 0 Å². The molecule has 2 rings (SSSR count). The number of amides is 1. The Kier molecular flexibility index (Phi) is 5.02. The maximum atomic E-state index is 11.8. The van der Waals surface area contributed by atoms with Crippen molar-refractivity contribution in [1.82, 2.24) is 10.2 Å². The summed E-state index contributed by atoms with van der Waals surface area (Å²) >= 11 is 0. The van der Waals surface area contributed by atoms with Crippen molar-refractivity contribution < 1.29 is 9.21 Å². The second-order valence-corrected chi connectivity index (χ2v) is 5.57. The van der Waals surface area contributed by atoms with E-state index in [4.69, 9.17) is 4.42 Å². The van der Waals surface area contributed by atoms with Crippen LogP contribution in [0.1, 0.15) is 42.3 Å². The lowest BCUT2D eigenvalue weighted by Crippen LogP contribution is -2.35. The summed E-state index contributed by atoms with van der Waals surface area (Å²) in [6, 6.07) is 1.81. The van der Waals surface area contributed by atoms with Gasteiger partial charge in [-0.3, -0.25) is 4.79 Å². The van der Waals surface area contributed by atoms with E-state index in [0.717, 1.165) is 24.4 Å². The Hall–Kier alpha value is -1.29. The molecular weight excluding hydrogens is 240 g/mol. The van der Waals surface area contributed by atoms with Gasteiger partial charge in [-0.05, 0) is 57.8 Å². The average molecular weight is 264 g/mol. The van der Waals surface area contributed by atoms with Crippen LogP contribution in [0.2, 0.25) is 0 Å². The molecule has 0 atom stereocenters. The SMILES string of the molecule is Cc1ccoc1C(=O)NCCCN1CCC(C)CC1. The molecule has 4 heteroatoms. The Morgan fingerprint density at radius 1 is 1.47 bits per heavy atom. The molecule has 2 heterocycles. The molecule has 106 valence electrons. The Morgan fingerprint density at radius 2 is 2.21 bits per heavy atom. The maximum Gasteiger partial charge on any atom is 0.287 e. The highest BCUT2D eigenvalue weighted by Gasteiger charge is 2.15. The topological polar surface area (TPSA) is 45.5 Å². The highest BCUT2D eigenvalue weighted by molar-refractivity contribution is 5.92. The highest BCUT2D eigenvalue weighted by atomic mass is 16.3. The standard InChI is InChI=1S/C15H24N2O2/c1-12-4-9-17(10-5-12)8-3-7-16-15(18)14-13(2)6-11-19-14/h6,11-12H,3-5,7-10H2,1-2H3,(H,16,18). The van der Waals surface area contributed by atoms with E-state index in [9.17, 15) is 4.79 Å². The van der Waals surface area contributed by atoms with Gasteiger partial charge in [0.05, 0.1) is 6.26 Å². The van der Waals surface area contributed by atoms with Crippen molar-refractivity contribution in [2.24, 2.45) is 5.92 Å². The fraction of sp³-hybridized carbons (Fsp3) is 0.667. The van der Waals surface area contributed by atoms with E-state index in [-0.39, 0.29) is 5.91 Å². The molecule has 0 unspecified atom stereocenters. The number of hydrogen-bond acceptors (Lipinski definition) is 3. The van der Waals surface area contributed by atoms with Crippen LogP contribution >= 0.6 is 0 Å². The van der Waals surface area contributed by atoms with Gasteiger partial charge in [0.2, 0.25) is 0 Å². The van der Waals surface area contributed by atoms with Crippen LogP contribution in [0.3, 0.4) is 0 Å². The molecule has 0 saturated carbocycles. The molecule has 1 aromatic heterocycles. The van der Waals surface area contributed by atoms with Crippen LogP contribution in [-0.4, -0.2) is 37.0 Å². The molecule has 0 radical (unpaired) electrons. The predicted molar refractivity (Wildman–Crippen MR) is 75.2 cm³/mol. The van der Waals surface area contributed by atoms with E-state index in [0.29, 0.717) is 12.3 Å². The summed E-state index contributed by atoms with van der Waals surface area (Å²) in [4.78, 5) is 14.3. The fourth-order valence-electron chi connectivity index (χ4n) is 2.48. The van der Waals surface area contributed by atoms with E-state index in [2.05, 4.69) is 17.1 Å². The van der Waals surface area contributed by atoms with Crippen LogP contribution < -0.4 is 5.32 Å². The Balaban J connectivity index is 1.62. The van der Waals surface area contributed by atoms with Gasteiger partial charge in [-0.2, -0.15) is 0 Å². The van der Waals surface area contributed by atoms with E-state index in [1.165, 1.54) is 25.9 Å². The highest BCUT2D eigenvalue weighted by Crippen LogP contribution is 2.15. The molecule has 0 aromatic carbocycles. The zero-order valence-corrected chi connectivity index (χ0v) is 11.9. The molecule has 0 aliphatic carbocycles. The third kappa shape index (κ3) is 4.10. The minimum absolute atomic E-state index is 0.102. The number of likely N-dealkylation sites (tertiary alicyclic amines) is 1. The van der Waals surface area contributed by atoms with Gasteiger partial charge in [0.15, 0.2) is 5.76 Å². The minimum atomic E-state index is -0.102. The molecule has 1 aromatic rings. The van der Waals surface area contributed by atoms with Crippen molar-refractivity contribution in [1.29, 1.82) is 0 Å². The smallest absolute Gasteiger partial charge is 0.287 e. The summed E-state index contributed by atoms with van der Waals surface area (Å²) < 4.78 is 5.16. The summed E-state index contributed by atoms with van der Waals surface area (Å²) in [6.07, 6.45) is 5.16. The van der Waals surface area contributed by atoms with E-state index in [1.54, 1.807) is 6.26 Å². The lowest BCUT2D eigenvalue weighted by Gasteiger charge is -2.30. The number of furan rings is 1. The van der Waals surface area contributed by atoms with Crippen LogP contribution in [-0.2, 0) is 0 Å². The Morgan fingerprint density at radius 3 is 2.84 bits per heavy atom. The quantitative estimate of drug-likeness (QED) is 0.831. The first-order valence-electron chi connectivity index (χ1n) is 7.21. The maximum absolute atomic E-state index is 11.8. The monoisotopic (exact) mass is 264 g/mol. The molecule has 1 fully saturated rings. The predicted octanol–water partition coefficient (Wildman–Crippen LogP) is 2.44. The number of nitrogens with zero attached hydrogens (tertiary/aromatic N) is 1. The van der Waals surface area contributed by atoms with Crippen molar-refractivity contribution in [3.63, 3.8) is 0 Å². The summed E-state index contributed by atoms with van der Waals surface area (Å²) in [5, 5.41) is 2.91. The molecule has 4 nitrogen and oxygen atoms in total. The van der Waals surface area contributed by atoms with Gasteiger partial charge in [0.25, 0.3) is 5.91 Å². The van der Waals surface area contributed by atoms with Crippen LogP contribution in [0.15, 0.2) is 16.7 Å². The van der Waals surface area contributed by atoms with Gasteiger partial charge in [-0.25, -0.2) is 0 Å². The number of rotatable bonds is 5. The van der Waals surface area contributed by atoms with Gasteiger partial charge in [-0.15, -0.1) is 0 Å². The number of piperidine rings is 1. The largest absolute Gasteiger partial charge is 0.459 e. The molecule has 1 saturated heterocycles. The van der Waals surface area contributed by atoms with Gasteiger partial charge in [-0.1, -0.05) is 6.92 Å². The van der Waals surface area contributed by atoms with Crippen molar-refractivity contribution in [3.8, 4) is 0 Å². The van der Waals surface area contributed by atoms with Crippen molar-refractivity contribution in [2.45, 2.75) is 33.1 Å². The van der Waals surface area contributed by atoms with Crippen molar-refractivity contribution in [2.75, 3.05) is 26.2 Å². The van der Waals surface area contributed by atoms with Crippen LogP contribution in [0, 0.1) is 12.8 Å². The second kappa shape index (κ2) is 6.75. The number of carbonyl (C=O) groups is 1. The lowest BCUT2D eigenvalue weighted by molar-refractivity contribution is 0.0922. The van der Waals surface area contributed by atoms with Crippen LogP contribution in [0.4, 0.5) is 0 Å². The number of nitrogens with one attached hydrogen (secondary N) is 1. The van der Waals surface area contributed by atoms with Gasteiger partial charge in [0, 0.05) is 12.1 Å². The third-order valence-electron chi connectivity index (χ3n) is 3.88. The van der Waals surface area contributed by atoms with Crippen molar-refractivity contribution >= 4 is 5.91 Å². The number of carbonyl (C=O) groups excluding carboxylic acids is 1. The Bertz CT molecular complexity index is 406. The van der Waals surface area contributed by atoms with E-state index >= 15 is 0 Å². The summed E-state index contributed by atoms with van der Waals surface area (Å²) in [5.74, 6) is 1.21. The summed E-state index contributed by atoms with van der Waals surface area (Å²) in [7, 11) is 0. The second-order valence-electron chi connectivity index (χ2n) is 5.57. The van der Waals surface area contributed by atoms with Crippen molar-refractivity contribution in [3.05, 3.63) is 23.7 Å². The lowest BCUT2D eigenvalue weighted by atomic mass is 9.99. The minimum Gasteiger partial charge on any atom is -0.459 e. The first-order chi connectivity index (χ1) is 9.16. The van der Waals surface area contributed by atoms with Gasteiger partial charge < -0.3 is 14.6 Å². The Labute approximate surface area is 115 Å². The number of aryl methyl sites for hydroxylation is 1. The summed E-state index contributed by atoms with van der Waals surface area (Å²) in [5.41, 5.74) is 0.891. The molecule has 0 spiro atoms. The van der Waals surface area contributed by atoms with Gasteiger partial charge >= 0.3 is 0 Å². The molecule has 1 aliphatic heterocycles. The molecule has 19 heavy (non-hydrogen) atoms.